The Kier molecular flexibility index (Phi) is 4.66. The van der Waals surface area contributed by atoms with Gasteiger partial charge in [0.25, 0.3) is 0 Å². The lowest BCUT2D eigenvalue weighted by Gasteiger charge is -2.23. The molecule has 0 saturated carbocycles. The van der Waals surface area contributed by atoms with Gasteiger partial charge in [0.05, 0.1) is 6.61 Å². The van der Waals surface area contributed by atoms with Crippen LogP contribution in [0, 0.1) is 5.92 Å². The van der Waals surface area contributed by atoms with Gasteiger partial charge in [0.2, 0.25) is 0 Å². The highest BCUT2D eigenvalue weighted by molar-refractivity contribution is 6.30. The van der Waals surface area contributed by atoms with Crippen molar-refractivity contribution in [1.82, 2.24) is 10.2 Å². The van der Waals surface area contributed by atoms with E-state index < -0.39 is 12.0 Å². The first-order chi connectivity index (χ1) is 11.6. The molecule has 1 saturated heterocycles. The van der Waals surface area contributed by atoms with E-state index in [0.29, 0.717) is 17.3 Å². The molecule has 0 radical (unpaired) electrons. The molecule has 1 aromatic rings. The Labute approximate surface area is 145 Å². The Morgan fingerprint density at radius 1 is 1.54 bits per heavy atom. The fraction of sp³-hybridized carbons (Fsp3) is 0.412. The normalized spacial score (nSPS) is 23.9. The molecule has 3 rings (SSSR count). The number of ether oxygens (including phenoxy) is 2. The van der Waals surface area contributed by atoms with Crippen LogP contribution in [0.1, 0.15) is 18.5 Å². The van der Waals surface area contributed by atoms with Crippen molar-refractivity contribution in [2.45, 2.75) is 19.1 Å². The van der Waals surface area contributed by atoms with E-state index in [0.717, 1.165) is 5.56 Å². The summed E-state index contributed by atoms with van der Waals surface area (Å²) in [6.07, 6.45) is 1.14. The first kappa shape index (κ1) is 16.6. The zero-order valence-electron chi connectivity index (χ0n) is 13.3. The van der Waals surface area contributed by atoms with Crippen LogP contribution in [-0.2, 0) is 9.53 Å². The van der Waals surface area contributed by atoms with E-state index in [-0.39, 0.29) is 31.2 Å². The highest BCUT2D eigenvalue weighted by atomic mass is 35.5. The molecule has 2 amide bonds. The van der Waals surface area contributed by atoms with Gasteiger partial charge >= 0.3 is 12.0 Å². The molecule has 0 aromatic heterocycles. The van der Waals surface area contributed by atoms with E-state index >= 15 is 0 Å². The molecule has 1 N–H and O–H groups in total. The van der Waals surface area contributed by atoms with Crippen molar-refractivity contribution in [3.63, 3.8) is 0 Å². The molecule has 2 heterocycles. The van der Waals surface area contributed by atoms with Gasteiger partial charge in [-0.3, -0.25) is 4.79 Å². The van der Waals surface area contributed by atoms with Crippen LogP contribution in [-0.4, -0.2) is 42.7 Å². The van der Waals surface area contributed by atoms with Crippen LogP contribution < -0.4 is 10.1 Å². The highest BCUT2D eigenvalue weighted by Gasteiger charge is 2.54. The minimum absolute atomic E-state index is 0.239. The lowest BCUT2D eigenvalue weighted by Crippen LogP contribution is -2.40. The van der Waals surface area contributed by atoms with Crippen molar-refractivity contribution >= 4 is 23.6 Å². The average Bonchev–Trinajstić information content (AvgIpc) is 3.10. The maximum absolute atomic E-state index is 12.5. The second-order valence-corrected chi connectivity index (χ2v) is 6.13. The number of amides is 2. The maximum atomic E-state index is 12.5. The third kappa shape index (κ3) is 2.82. The van der Waals surface area contributed by atoms with Crippen LogP contribution in [0.15, 0.2) is 30.9 Å². The van der Waals surface area contributed by atoms with Gasteiger partial charge in [0, 0.05) is 23.7 Å². The summed E-state index contributed by atoms with van der Waals surface area (Å²) in [6, 6.07) is 4.63. The SMILES string of the molecule is C=CCNC(=O)N1C[C@@H](C(=O)OCC)[C@@H]2Oc3ccc(Cl)cc3[C@@H]21. The van der Waals surface area contributed by atoms with Gasteiger partial charge in [0.1, 0.15) is 23.8 Å². The predicted molar refractivity (Wildman–Crippen MR) is 89.0 cm³/mol. The second kappa shape index (κ2) is 6.73. The second-order valence-electron chi connectivity index (χ2n) is 5.70. The molecule has 0 bridgehead atoms. The van der Waals surface area contributed by atoms with E-state index in [1.165, 1.54) is 0 Å². The fourth-order valence-electron chi connectivity index (χ4n) is 3.25. The van der Waals surface area contributed by atoms with Gasteiger partial charge in [-0.05, 0) is 25.1 Å². The third-order valence-corrected chi connectivity index (χ3v) is 4.47. The molecule has 2 aliphatic heterocycles. The maximum Gasteiger partial charge on any atom is 0.318 e. The predicted octanol–water partition coefficient (Wildman–Crippen LogP) is 2.53. The number of benzene rings is 1. The van der Waals surface area contributed by atoms with Crippen molar-refractivity contribution in [2.24, 2.45) is 5.92 Å². The number of carbonyl (C=O) groups is 2. The number of nitrogens with one attached hydrogen (secondary N) is 1. The molecule has 7 heteroatoms. The topological polar surface area (TPSA) is 67.9 Å². The zero-order chi connectivity index (χ0) is 17.3. The van der Waals surface area contributed by atoms with Crippen molar-refractivity contribution < 1.29 is 19.1 Å². The summed E-state index contributed by atoms with van der Waals surface area (Å²) in [5.41, 5.74) is 0.813. The van der Waals surface area contributed by atoms with Crippen LogP contribution in [0.5, 0.6) is 5.75 Å². The summed E-state index contributed by atoms with van der Waals surface area (Å²) in [4.78, 5) is 26.4. The van der Waals surface area contributed by atoms with E-state index in [4.69, 9.17) is 21.1 Å². The van der Waals surface area contributed by atoms with Crippen molar-refractivity contribution in [3.05, 3.63) is 41.4 Å². The zero-order valence-corrected chi connectivity index (χ0v) is 14.1. The Balaban J connectivity index is 1.93. The van der Waals surface area contributed by atoms with Gasteiger partial charge in [-0.25, -0.2) is 4.79 Å². The summed E-state index contributed by atoms with van der Waals surface area (Å²) < 4.78 is 11.1. The summed E-state index contributed by atoms with van der Waals surface area (Å²) in [7, 11) is 0. The van der Waals surface area contributed by atoms with E-state index in [2.05, 4.69) is 11.9 Å². The number of nitrogens with zero attached hydrogens (tertiary/aromatic N) is 1. The smallest absolute Gasteiger partial charge is 0.318 e. The summed E-state index contributed by atoms with van der Waals surface area (Å²) in [6.45, 7) is 6.22. The Morgan fingerprint density at radius 2 is 2.33 bits per heavy atom. The van der Waals surface area contributed by atoms with Crippen LogP contribution in [0.3, 0.4) is 0 Å². The molecule has 2 aliphatic rings. The summed E-state index contributed by atoms with van der Waals surface area (Å²) in [5.74, 6) is -0.244. The van der Waals surface area contributed by atoms with Crippen LogP contribution in [0.4, 0.5) is 4.79 Å². The Bertz CT molecular complexity index is 679. The first-order valence-corrected chi connectivity index (χ1v) is 8.22. The Hall–Kier alpha value is -2.21. The number of rotatable bonds is 4. The molecule has 6 nitrogen and oxygen atoms in total. The largest absolute Gasteiger partial charge is 0.487 e. The highest BCUT2D eigenvalue weighted by Crippen LogP contribution is 2.48. The molecule has 0 aliphatic carbocycles. The van der Waals surface area contributed by atoms with Gasteiger partial charge < -0.3 is 19.7 Å². The van der Waals surface area contributed by atoms with Crippen LogP contribution in [0.25, 0.3) is 0 Å². The molecule has 1 aromatic carbocycles. The first-order valence-electron chi connectivity index (χ1n) is 7.85. The van der Waals surface area contributed by atoms with Gasteiger partial charge in [0.15, 0.2) is 0 Å². The molecular formula is C17H19ClN2O4. The molecule has 3 atom stereocenters. The van der Waals surface area contributed by atoms with Gasteiger partial charge in [-0.2, -0.15) is 0 Å². The van der Waals surface area contributed by atoms with Crippen LogP contribution in [0.2, 0.25) is 5.02 Å². The number of likely N-dealkylation sites (tertiary alicyclic amines) is 1. The standard InChI is InChI=1S/C17H19ClN2O4/c1-3-7-19-17(22)20-9-12(16(21)23-4-2)15-14(20)11-8-10(18)5-6-13(11)24-15/h3,5-6,8,12,14-15H,1,4,7,9H2,2H3,(H,19,22)/t12-,14+,15+/m1/s1. The van der Waals surface area contributed by atoms with Gasteiger partial charge in [-0.1, -0.05) is 17.7 Å². The molecule has 0 unspecified atom stereocenters. The minimum atomic E-state index is -0.532. The van der Waals surface area contributed by atoms with E-state index in [1.54, 1.807) is 36.1 Å². The molecular weight excluding hydrogens is 332 g/mol. The number of urea groups is 1. The average molecular weight is 351 g/mol. The van der Waals surface area contributed by atoms with E-state index in [9.17, 15) is 9.59 Å². The van der Waals surface area contributed by atoms with Crippen LogP contribution >= 0.6 is 11.6 Å². The molecule has 0 spiro atoms. The quantitative estimate of drug-likeness (QED) is 0.669. The number of hydrogen-bond acceptors (Lipinski definition) is 4. The van der Waals surface area contributed by atoms with Gasteiger partial charge in [-0.15, -0.1) is 6.58 Å². The fourth-order valence-corrected chi connectivity index (χ4v) is 3.43. The monoisotopic (exact) mass is 350 g/mol. The van der Waals surface area contributed by atoms with Crippen molar-refractivity contribution in [1.29, 1.82) is 0 Å². The number of hydrogen-bond donors (Lipinski definition) is 1. The number of fused-ring (bicyclic) bond motifs is 3. The summed E-state index contributed by atoms with van der Waals surface area (Å²) >= 11 is 6.09. The summed E-state index contributed by atoms with van der Waals surface area (Å²) in [5, 5.41) is 3.31. The minimum Gasteiger partial charge on any atom is -0.487 e. The number of halogens is 1. The molecule has 1 fully saturated rings. The molecule has 24 heavy (non-hydrogen) atoms. The third-order valence-electron chi connectivity index (χ3n) is 4.24. The number of carbonyl (C=O) groups excluding carboxylic acids is 2. The number of esters is 1. The van der Waals surface area contributed by atoms with Crippen molar-refractivity contribution in [2.75, 3.05) is 19.7 Å². The molecule has 128 valence electrons. The lowest BCUT2D eigenvalue weighted by atomic mass is 9.99. The van der Waals surface area contributed by atoms with E-state index in [1.807, 2.05) is 0 Å². The Morgan fingerprint density at radius 3 is 3.04 bits per heavy atom. The van der Waals surface area contributed by atoms with Crippen molar-refractivity contribution in [3.8, 4) is 5.75 Å². The lowest BCUT2D eigenvalue weighted by molar-refractivity contribution is -0.149.